The Kier molecular flexibility index (Phi) is 4.14. The predicted molar refractivity (Wildman–Crippen MR) is 56.8 cm³/mol. The minimum atomic E-state index is -0.116. The predicted octanol–water partition coefficient (Wildman–Crippen LogP) is 2.37. The van der Waals surface area contributed by atoms with Gasteiger partial charge in [0.15, 0.2) is 0 Å². The molecule has 4 unspecified atom stereocenters. The molecule has 3 heteroatoms. The number of hydrogen-bond acceptors (Lipinski definition) is 3. The van der Waals surface area contributed by atoms with Crippen molar-refractivity contribution in [2.75, 3.05) is 6.61 Å². The third-order valence-electron chi connectivity index (χ3n) is 3.43. The fraction of sp³-hybridized carbons (Fsp3) is 0.833. The van der Waals surface area contributed by atoms with Gasteiger partial charge in [-0.1, -0.05) is 6.92 Å². The molecule has 0 spiro atoms. The molecule has 1 aliphatic carbocycles. The number of nitriles is 1. The molecule has 1 fully saturated rings. The Balaban J connectivity index is 2.73. The maximum atomic E-state index is 11.8. The highest BCUT2D eigenvalue weighted by Crippen LogP contribution is 2.41. The van der Waals surface area contributed by atoms with Gasteiger partial charge in [-0.3, -0.25) is 4.79 Å². The highest BCUT2D eigenvalue weighted by molar-refractivity contribution is 5.73. The fourth-order valence-corrected chi connectivity index (χ4v) is 2.54. The molecule has 0 aromatic rings. The van der Waals surface area contributed by atoms with Crippen molar-refractivity contribution in [2.45, 2.75) is 33.6 Å². The van der Waals surface area contributed by atoms with Crippen LogP contribution in [0, 0.1) is 35.0 Å². The number of rotatable bonds is 3. The molecule has 0 heterocycles. The van der Waals surface area contributed by atoms with Crippen LogP contribution in [0.3, 0.4) is 0 Å². The van der Waals surface area contributed by atoms with Crippen molar-refractivity contribution in [3.63, 3.8) is 0 Å². The summed E-state index contributed by atoms with van der Waals surface area (Å²) in [7, 11) is 0. The van der Waals surface area contributed by atoms with Crippen LogP contribution >= 0.6 is 0 Å². The van der Waals surface area contributed by atoms with Crippen molar-refractivity contribution >= 4 is 5.97 Å². The van der Waals surface area contributed by atoms with Gasteiger partial charge in [-0.2, -0.15) is 5.26 Å². The van der Waals surface area contributed by atoms with Gasteiger partial charge in [0.25, 0.3) is 0 Å². The highest BCUT2D eigenvalue weighted by Gasteiger charge is 2.42. The topological polar surface area (TPSA) is 50.1 Å². The average molecular weight is 209 g/mol. The number of carbonyl (C=O) groups excluding carboxylic acids is 1. The first-order valence-electron chi connectivity index (χ1n) is 5.68. The number of esters is 1. The number of nitrogens with zero attached hydrogens (tertiary/aromatic N) is 1. The summed E-state index contributed by atoms with van der Waals surface area (Å²) in [6.45, 7) is 6.22. The monoisotopic (exact) mass is 209 g/mol. The zero-order valence-corrected chi connectivity index (χ0v) is 9.69. The van der Waals surface area contributed by atoms with Crippen LogP contribution < -0.4 is 0 Å². The number of carbonyl (C=O) groups is 1. The molecule has 0 bridgehead atoms. The van der Waals surface area contributed by atoms with Gasteiger partial charge < -0.3 is 4.74 Å². The molecule has 0 amide bonds. The molecule has 0 radical (unpaired) electrons. The van der Waals surface area contributed by atoms with E-state index in [-0.39, 0.29) is 23.7 Å². The van der Waals surface area contributed by atoms with Crippen LogP contribution in [0.5, 0.6) is 0 Å². The molecule has 3 nitrogen and oxygen atoms in total. The fourth-order valence-electron chi connectivity index (χ4n) is 2.54. The molecule has 0 aromatic carbocycles. The second-order valence-corrected chi connectivity index (χ2v) is 4.41. The van der Waals surface area contributed by atoms with Gasteiger partial charge in [0.2, 0.25) is 0 Å². The quantitative estimate of drug-likeness (QED) is 0.670. The maximum absolute atomic E-state index is 11.8. The lowest BCUT2D eigenvalue weighted by Gasteiger charge is -2.22. The molecule has 0 N–H and O–H groups in total. The molecule has 4 atom stereocenters. The van der Waals surface area contributed by atoms with E-state index < -0.39 is 0 Å². The Bertz CT molecular complexity index is 269. The van der Waals surface area contributed by atoms with Crippen LogP contribution in [-0.2, 0) is 9.53 Å². The van der Waals surface area contributed by atoms with E-state index in [1.165, 1.54) is 0 Å². The van der Waals surface area contributed by atoms with Crippen LogP contribution in [0.1, 0.15) is 33.6 Å². The van der Waals surface area contributed by atoms with Gasteiger partial charge in [-0.05, 0) is 38.5 Å². The van der Waals surface area contributed by atoms with Gasteiger partial charge >= 0.3 is 5.97 Å². The largest absolute Gasteiger partial charge is 0.466 e. The van der Waals surface area contributed by atoms with E-state index in [4.69, 9.17) is 10.00 Å². The van der Waals surface area contributed by atoms with Crippen LogP contribution in [0.4, 0.5) is 0 Å². The molecule has 0 saturated heterocycles. The maximum Gasteiger partial charge on any atom is 0.309 e. The third kappa shape index (κ3) is 2.50. The van der Waals surface area contributed by atoms with Crippen molar-refractivity contribution in [1.29, 1.82) is 5.26 Å². The van der Waals surface area contributed by atoms with Gasteiger partial charge in [-0.15, -0.1) is 0 Å². The zero-order valence-electron chi connectivity index (χ0n) is 9.69. The van der Waals surface area contributed by atoms with E-state index in [0.717, 1.165) is 12.8 Å². The summed E-state index contributed by atoms with van der Waals surface area (Å²) in [5.41, 5.74) is 0. The van der Waals surface area contributed by atoms with E-state index >= 15 is 0 Å². The molecular formula is C12H19NO2. The Hall–Kier alpha value is -1.04. The molecule has 0 aromatic heterocycles. The van der Waals surface area contributed by atoms with Crippen LogP contribution in [0.2, 0.25) is 0 Å². The second-order valence-electron chi connectivity index (χ2n) is 4.41. The zero-order chi connectivity index (χ0) is 11.4. The van der Waals surface area contributed by atoms with Gasteiger partial charge in [0, 0.05) is 5.92 Å². The van der Waals surface area contributed by atoms with Crippen molar-refractivity contribution in [3.05, 3.63) is 0 Å². The van der Waals surface area contributed by atoms with Crippen LogP contribution in [0.15, 0.2) is 0 Å². The summed E-state index contributed by atoms with van der Waals surface area (Å²) in [6.07, 6.45) is 2.00. The molecule has 1 saturated carbocycles. The van der Waals surface area contributed by atoms with Crippen molar-refractivity contribution in [2.24, 2.45) is 23.7 Å². The molecule has 84 valence electrons. The summed E-state index contributed by atoms with van der Waals surface area (Å²) in [5.74, 6) is 0.299. The highest BCUT2D eigenvalue weighted by atomic mass is 16.5. The van der Waals surface area contributed by atoms with E-state index in [9.17, 15) is 4.79 Å². The SMILES string of the molecule is CCOC(=O)C1C(C)CCC1C(C)C#N. The van der Waals surface area contributed by atoms with E-state index in [0.29, 0.717) is 12.5 Å². The van der Waals surface area contributed by atoms with Gasteiger partial charge in [0.05, 0.1) is 18.6 Å². The van der Waals surface area contributed by atoms with Gasteiger partial charge in [-0.25, -0.2) is 0 Å². The minimum absolute atomic E-state index is 0.0515. The molecular weight excluding hydrogens is 190 g/mol. The van der Waals surface area contributed by atoms with E-state index in [1.807, 2.05) is 13.8 Å². The Morgan fingerprint density at radius 2 is 2.27 bits per heavy atom. The second kappa shape index (κ2) is 5.16. The van der Waals surface area contributed by atoms with Crippen LogP contribution in [-0.4, -0.2) is 12.6 Å². The average Bonchev–Trinajstić information content (AvgIpc) is 2.59. The number of ether oxygens (including phenoxy) is 1. The summed E-state index contributed by atoms with van der Waals surface area (Å²) in [6, 6.07) is 2.25. The first-order chi connectivity index (χ1) is 7.11. The Morgan fingerprint density at radius 1 is 1.60 bits per heavy atom. The van der Waals surface area contributed by atoms with E-state index in [2.05, 4.69) is 13.0 Å². The first kappa shape index (κ1) is 12.0. The van der Waals surface area contributed by atoms with Crippen molar-refractivity contribution in [3.8, 4) is 6.07 Å². The van der Waals surface area contributed by atoms with Crippen LogP contribution in [0.25, 0.3) is 0 Å². The Labute approximate surface area is 91.4 Å². The molecule has 0 aliphatic heterocycles. The van der Waals surface area contributed by atoms with Crippen molar-refractivity contribution < 1.29 is 9.53 Å². The van der Waals surface area contributed by atoms with E-state index in [1.54, 1.807) is 0 Å². The smallest absolute Gasteiger partial charge is 0.309 e. The van der Waals surface area contributed by atoms with Crippen molar-refractivity contribution in [1.82, 2.24) is 0 Å². The molecule has 1 aliphatic rings. The summed E-state index contributed by atoms with van der Waals surface area (Å²) in [4.78, 5) is 11.8. The lowest BCUT2D eigenvalue weighted by atomic mass is 9.83. The number of hydrogen-bond donors (Lipinski definition) is 0. The standard InChI is InChI=1S/C12H19NO2/c1-4-15-12(14)11-8(2)5-6-10(11)9(3)7-13/h8-11H,4-6H2,1-3H3. The lowest BCUT2D eigenvalue weighted by molar-refractivity contribution is -0.151. The summed E-state index contributed by atoms with van der Waals surface area (Å²) >= 11 is 0. The molecule has 1 rings (SSSR count). The Morgan fingerprint density at radius 3 is 2.80 bits per heavy atom. The molecule has 15 heavy (non-hydrogen) atoms. The normalized spacial score (nSPS) is 32.0. The minimum Gasteiger partial charge on any atom is -0.466 e. The van der Waals surface area contributed by atoms with Gasteiger partial charge in [0.1, 0.15) is 0 Å². The summed E-state index contributed by atoms with van der Waals surface area (Å²) in [5, 5.41) is 8.91. The lowest BCUT2D eigenvalue weighted by Crippen LogP contribution is -2.28. The third-order valence-corrected chi connectivity index (χ3v) is 3.43. The first-order valence-corrected chi connectivity index (χ1v) is 5.68. The summed E-state index contributed by atoms with van der Waals surface area (Å²) < 4.78 is 5.07.